The summed E-state index contributed by atoms with van der Waals surface area (Å²) in [6.45, 7) is 8.96. The molecule has 2 heteroatoms. The Bertz CT molecular complexity index is 332. The van der Waals surface area contributed by atoms with E-state index in [2.05, 4.69) is 26.8 Å². The maximum absolute atomic E-state index is 5.90. The Balaban J connectivity index is 3.25. The third-order valence-corrected chi connectivity index (χ3v) is 2.91. The zero-order valence-corrected chi connectivity index (χ0v) is 10.0. The molecular weight excluding hydrogens is 196 g/mol. The van der Waals surface area contributed by atoms with Gasteiger partial charge in [0.05, 0.1) is 6.61 Å². The summed E-state index contributed by atoms with van der Waals surface area (Å²) in [5, 5.41) is 0. The van der Waals surface area contributed by atoms with Crippen LogP contribution in [-0.2, 0) is 5.88 Å². The molecular formula is C12H17ClO. The van der Waals surface area contributed by atoms with Gasteiger partial charge in [-0.15, -0.1) is 11.6 Å². The van der Waals surface area contributed by atoms with E-state index in [-0.39, 0.29) is 0 Å². The standard InChI is InChI=1S/C12H17ClO/c1-5-14-12-6-8(2)11(7-13)9(3)10(12)4/h6H,5,7H2,1-4H3. The molecule has 0 aliphatic heterocycles. The Morgan fingerprint density at radius 2 is 1.86 bits per heavy atom. The molecule has 1 nitrogen and oxygen atoms in total. The molecule has 0 radical (unpaired) electrons. The largest absolute Gasteiger partial charge is 0.494 e. The van der Waals surface area contributed by atoms with Gasteiger partial charge in [0, 0.05) is 5.88 Å². The van der Waals surface area contributed by atoms with Crippen LogP contribution in [0.4, 0.5) is 0 Å². The number of halogens is 1. The molecule has 1 aromatic rings. The summed E-state index contributed by atoms with van der Waals surface area (Å²) in [4.78, 5) is 0. The van der Waals surface area contributed by atoms with Crippen molar-refractivity contribution in [3.63, 3.8) is 0 Å². The van der Waals surface area contributed by atoms with Crippen molar-refractivity contribution in [2.75, 3.05) is 6.61 Å². The number of hydrogen-bond acceptors (Lipinski definition) is 1. The van der Waals surface area contributed by atoms with E-state index in [4.69, 9.17) is 16.3 Å². The number of rotatable bonds is 3. The van der Waals surface area contributed by atoms with Crippen LogP contribution in [-0.4, -0.2) is 6.61 Å². The van der Waals surface area contributed by atoms with Crippen molar-refractivity contribution in [3.05, 3.63) is 28.3 Å². The Labute approximate surface area is 91.0 Å². The van der Waals surface area contributed by atoms with Crippen LogP contribution in [0.1, 0.15) is 29.2 Å². The molecule has 0 fully saturated rings. The Morgan fingerprint density at radius 1 is 1.21 bits per heavy atom. The fraction of sp³-hybridized carbons (Fsp3) is 0.500. The van der Waals surface area contributed by atoms with Crippen LogP contribution in [0.15, 0.2) is 6.07 Å². The first-order valence-electron chi connectivity index (χ1n) is 4.90. The maximum atomic E-state index is 5.90. The van der Waals surface area contributed by atoms with Gasteiger partial charge in [-0.2, -0.15) is 0 Å². The molecule has 0 aromatic heterocycles. The zero-order valence-electron chi connectivity index (χ0n) is 9.28. The molecule has 0 aliphatic carbocycles. The summed E-state index contributed by atoms with van der Waals surface area (Å²) in [7, 11) is 0. The molecule has 0 unspecified atom stereocenters. The summed E-state index contributed by atoms with van der Waals surface area (Å²) in [5.74, 6) is 1.56. The summed E-state index contributed by atoms with van der Waals surface area (Å²) >= 11 is 5.90. The van der Waals surface area contributed by atoms with Crippen LogP contribution >= 0.6 is 11.6 Å². The van der Waals surface area contributed by atoms with E-state index in [1.807, 2.05) is 6.92 Å². The lowest BCUT2D eigenvalue weighted by Crippen LogP contribution is -2.00. The number of hydrogen-bond donors (Lipinski definition) is 0. The SMILES string of the molecule is CCOc1cc(C)c(CCl)c(C)c1C. The van der Waals surface area contributed by atoms with E-state index >= 15 is 0 Å². The van der Waals surface area contributed by atoms with Crippen LogP contribution in [0.3, 0.4) is 0 Å². The highest BCUT2D eigenvalue weighted by Gasteiger charge is 2.09. The molecule has 0 saturated heterocycles. The van der Waals surface area contributed by atoms with Crippen molar-refractivity contribution < 1.29 is 4.74 Å². The Hall–Kier alpha value is -0.690. The number of benzene rings is 1. The normalized spacial score (nSPS) is 10.4. The summed E-state index contributed by atoms with van der Waals surface area (Å²) in [5.41, 5.74) is 4.90. The lowest BCUT2D eigenvalue weighted by atomic mass is 9.99. The molecule has 0 bridgehead atoms. The minimum absolute atomic E-state index is 0.574. The molecule has 0 saturated carbocycles. The monoisotopic (exact) mass is 212 g/mol. The van der Waals surface area contributed by atoms with Gasteiger partial charge >= 0.3 is 0 Å². The smallest absolute Gasteiger partial charge is 0.122 e. The highest BCUT2D eigenvalue weighted by molar-refractivity contribution is 6.17. The van der Waals surface area contributed by atoms with Crippen molar-refractivity contribution in [2.45, 2.75) is 33.6 Å². The summed E-state index contributed by atoms with van der Waals surface area (Å²) in [6.07, 6.45) is 0. The first kappa shape index (κ1) is 11.4. The average Bonchev–Trinajstić information content (AvgIpc) is 2.15. The molecule has 0 N–H and O–H groups in total. The van der Waals surface area contributed by atoms with Crippen LogP contribution < -0.4 is 4.74 Å². The molecule has 14 heavy (non-hydrogen) atoms. The molecule has 1 rings (SSSR count). The fourth-order valence-electron chi connectivity index (χ4n) is 1.61. The van der Waals surface area contributed by atoms with Gasteiger partial charge in [-0.05, 0) is 56.0 Å². The van der Waals surface area contributed by atoms with Crippen molar-refractivity contribution in [1.29, 1.82) is 0 Å². The minimum atomic E-state index is 0.574. The van der Waals surface area contributed by atoms with E-state index in [1.165, 1.54) is 22.3 Å². The third kappa shape index (κ3) is 2.03. The molecule has 0 spiro atoms. The highest BCUT2D eigenvalue weighted by Crippen LogP contribution is 2.28. The van der Waals surface area contributed by atoms with Crippen LogP contribution in [0.25, 0.3) is 0 Å². The van der Waals surface area contributed by atoms with Crippen molar-refractivity contribution in [3.8, 4) is 5.75 Å². The fourth-order valence-corrected chi connectivity index (χ4v) is 2.02. The Kier molecular flexibility index (Phi) is 3.82. The second kappa shape index (κ2) is 4.70. The van der Waals surface area contributed by atoms with Crippen LogP contribution in [0, 0.1) is 20.8 Å². The molecule has 0 amide bonds. The molecule has 0 aliphatic rings. The van der Waals surface area contributed by atoms with Crippen molar-refractivity contribution in [2.24, 2.45) is 0 Å². The van der Waals surface area contributed by atoms with Crippen LogP contribution in [0.5, 0.6) is 5.75 Å². The Morgan fingerprint density at radius 3 is 2.36 bits per heavy atom. The maximum Gasteiger partial charge on any atom is 0.122 e. The summed E-state index contributed by atoms with van der Waals surface area (Å²) in [6, 6.07) is 2.07. The van der Waals surface area contributed by atoms with E-state index in [9.17, 15) is 0 Å². The predicted molar refractivity (Wildman–Crippen MR) is 61.4 cm³/mol. The average molecular weight is 213 g/mol. The first-order valence-corrected chi connectivity index (χ1v) is 5.43. The topological polar surface area (TPSA) is 9.23 Å². The van der Waals surface area contributed by atoms with Crippen LogP contribution in [0.2, 0.25) is 0 Å². The van der Waals surface area contributed by atoms with Gasteiger partial charge in [0.1, 0.15) is 5.75 Å². The summed E-state index contributed by atoms with van der Waals surface area (Å²) < 4.78 is 5.55. The minimum Gasteiger partial charge on any atom is -0.494 e. The van der Waals surface area contributed by atoms with Gasteiger partial charge in [0.15, 0.2) is 0 Å². The number of aryl methyl sites for hydroxylation is 1. The predicted octanol–water partition coefficient (Wildman–Crippen LogP) is 3.75. The van der Waals surface area contributed by atoms with Gasteiger partial charge in [0.25, 0.3) is 0 Å². The highest BCUT2D eigenvalue weighted by atomic mass is 35.5. The molecule has 0 atom stereocenters. The quantitative estimate of drug-likeness (QED) is 0.694. The van der Waals surface area contributed by atoms with Gasteiger partial charge in [-0.25, -0.2) is 0 Å². The number of ether oxygens (including phenoxy) is 1. The van der Waals surface area contributed by atoms with E-state index in [1.54, 1.807) is 0 Å². The van der Waals surface area contributed by atoms with E-state index in [0.29, 0.717) is 12.5 Å². The van der Waals surface area contributed by atoms with Gasteiger partial charge in [0.2, 0.25) is 0 Å². The van der Waals surface area contributed by atoms with Crippen molar-refractivity contribution >= 4 is 11.6 Å². The lowest BCUT2D eigenvalue weighted by Gasteiger charge is -2.15. The van der Waals surface area contributed by atoms with Gasteiger partial charge in [-0.1, -0.05) is 0 Å². The van der Waals surface area contributed by atoms with Gasteiger partial charge < -0.3 is 4.74 Å². The van der Waals surface area contributed by atoms with E-state index < -0.39 is 0 Å². The van der Waals surface area contributed by atoms with Crippen molar-refractivity contribution in [1.82, 2.24) is 0 Å². The molecule has 78 valence electrons. The van der Waals surface area contributed by atoms with E-state index in [0.717, 1.165) is 5.75 Å². The van der Waals surface area contributed by atoms with Gasteiger partial charge in [-0.3, -0.25) is 0 Å². The second-order valence-corrected chi connectivity index (χ2v) is 3.75. The first-order chi connectivity index (χ1) is 6.61. The molecule has 1 aromatic carbocycles. The number of alkyl halides is 1. The molecule has 0 heterocycles. The lowest BCUT2D eigenvalue weighted by molar-refractivity contribution is 0.337. The second-order valence-electron chi connectivity index (χ2n) is 3.49. The third-order valence-electron chi connectivity index (χ3n) is 2.64. The zero-order chi connectivity index (χ0) is 10.7.